The largest absolute Gasteiger partial charge is 0.491 e. The van der Waals surface area contributed by atoms with Gasteiger partial charge in [0.2, 0.25) is 0 Å². The fourth-order valence-electron chi connectivity index (χ4n) is 3.83. The molecular formula is C23H31ClO5. The third-order valence-electron chi connectivity index (χ3n) is 5.39. The normalized spacial score (nSPS) is 25.7. The molecule has 3 N–H and O–H groups in total. The van der Waals surface area contributed by atoms with Gasteiger partial charge in [-0.25, -0.2) is 0 Å². The number of carboxylic acids is 1. The van der Waals surface area contributed by atoms with Crippen molar-refractivity contribution in [2.75, 3.05) is 6.61 Å². The molecule has 1 aromatic rings. The van der Waals surface area contributed by atoms with Crippen LogP contribution in [0.3, 0.4) is 0 Å². The van der Waals surface area contributed by atoms with E-state index in [1.54, 1.807) is 30.3 Å². The molecule has 0 amide bonds. The highest BCUT2D eigenvalue weighted by Crippen LogP contribution is 2.40. The zero-order valence-electron chi connectivity index (χ0n) is 16.8. The van der Waals surface area contributed by atoms with Gasteiger partial charge in [0, 0.05) is 17.4 Å². The molecule has 2 rings (SSSR count). The van der Waals surface area contributed by atoms with Gasteiger partial charge in [0.15, 0.2) is 0 Å². The standard InChI is InChI=1S/C23H31ClO5/c1-16-13-22(26)21(20(16)9-4-2-3-5-10-23(27)28)12-11-18(25)15-29-19-8-6-7-17(24)14-19/h2,4,6-8,11-12,14,16,18,20-22,25-26H,3,5,9-10,13,15H2,1H3,(H,27,28)/b4-2-,12-11+/t16-,18+,20-,21+,22+/m0/s1. The van der Waals surface area contributed by atoms with Crippen molar-refractivity contribution in [3.63, 3.8) is 0 Å². The fraction of sp³-hybridized carbons (Fsp3) is 0.522. The molecule has 0 aliphatic heterocycles. The van der Waals surface area contributed by atoms with Crippen LogP contribution in [0.25, 0.3) is 0 Å². The van der Waals surface area contributed by atoms with Crippen molar-refractivity contribution >= 4 is 17.6 Å². The number of hydrogen-bond acceptors (Lipinski definition) is 4. The highest BCUT2D eigenvalue weighted by molar-refractivity contribution is 6.30. The molecule has 160 valence electrons. The van der Waals surface area contributed by atoms with Crippen LogP contribution in [-0.2, 0) is 4.79 Å². The van der Waals surface area contributed by atoms with Crippen LogP contribution >= 0.6 is 11.6 Å². The maximum atomic E-state index is 10.5. The Hall–Kier alpha value is -1.82. The van der Waals surface area contributed by atoms with E-state index in [2.05, 4.69) is 13.0 Å². The number of ether oxygens (including phenoxy) is 1. The SMILES string of the molecule is C[C@H]1C[C@@H](O)[C@H](/C=C/[C@@H](O)COc2cccc(Cl)c2)[C@H]1C/C=C\CCCC(=O)O. The second-order valence-corrected chi connectivity index (χ2v) is 8.17. The second kappa shape index (κ2) is 12.0. The summed E-state index contributed by atoms with van der Waals surface area (Å²) < 4.78 is 5.56. The average Bonchev–Trinajstić information content (AvgIpc) is 2.93. The monoisotopic (exact) mass is 422 g/mol. The lowest BCUT2D eigenvalue weighted by Crippen LogP contribution is -2.20. The summed E-state index contributed by atoms with van der Waals surface area (Å²) >= 11 is 5.92. The van der Waals surface area contributed by atoms with Crippen LogP contribution in [0.15, 0.2) is 48.6 Å². The number of aliphatic hydroxyl groups excluding tert-OH is 2. The Labute approximate surface area is 177 Å². The Morgan fingerprint density at radius 1 is 1.38 bits per heavy atom. The fourth-order valence-corrected chi connectivity index (χ4v) is 4.01. The van der Waals surface area contributed by atoms with Gasteiger partial charge in [0.25, 0.3) is 0 Å². The van der Waals surface area contributed by atoms with Gasteiger partial charge in [-0.2, -0.15) is 0 Å². The number of rotatable bonds is 11. The van der Waals surface area contributed by atoms with E-state index in [9.17, 15) is 15.0 Å². The van der Waals surface area contributed by atoms with E-state index in [-0.39, 0.29) is 24.9 Å². The van der Waals surface area contributed by atoms with Crippen LogP contribution in [0.2, 0.25) is 5.02 Å². The number of benzene rings is 1. The summed E-state index contributed by atoms with van der Waals surface area (Å²) in [6.45, 7) is 2.25. The first-order chi connectivity index (χ1) is 13.9. The first kappa shape index (κ1) is 23.5. The summed E-state index contributed by atoms with van der Waals surface area (Å²) in [7, 11) is 0. The van der Waals surface area contributed by atoms with E-state index in [4.69, 9.17) is 21.4 Å². The lowest BCUT2D eigenvalue weighted by Gasteiger charge is -2.20. The number of aliphatic carboxylic acids is 1. The van der Waals surface area contributed by atoms with Crippen molar-refractivity contribution in [3.05, 3.63) is 53.6 Å². The third kappa shape index (κ3) is 8.21. The summed E-state index contributed by atoms with van der Waals surface area (Å²) in [5, 5.41) is 29.9. The van der Waals surface area contributed by atoms with Gasteiger partial charge in [-0.1, -0.05) is 48.9 Å². The van der Waals surface area contributed by atoms with Crippen molar-refractivity contribution in [1.82, 2.24) is 0 Å². The molecule has 1 aliphatic carbocycles. The zero-order chi connectivity index (χ0) is 21.2. The Kier molecular flexibility index (Phi) is 9.71. The average molecular weight is 423 g/mol. The van der Waals surface area contributed by atoms with Gasteiger partial charge in [-0.15, -0.1) is 0 Å². The molecule has 5 nitrogen and oxygen atoms in total. The minimum absolute atomic E-state index is 0.0190. The van der Waals surface area contributed by atoms with E-state index in [0.717, 1.165) is 19.3 Å². The summed E-state index contributed by atoms with van der Waals surface area (Å²) in [6, 6.07) is 7.02. The molecule has 0 bridgehead atoms. The van der Waals surface area contributed by atoms with Crippen LogP contribution in [0, 0.1) is 17.8 Å². The van der Waals surface area contributed by atoms with E-state index in [1.807, 2.05) is 12.2 Å². The molecule has 6 heteroatoms. The van der Waals surface area contributed by atoms with Crippen LogP contribution < -0.4 is 4.74 Å². The van der Waals surface area contributed by atoms with Gasteiger partial charge in [0.1, 0.15) is 18.5 Å². The number of carboxylic acid groups (broad SMARTS) is 1. The summed E-state index contributed by atoms with van der Waals surface area (Å²) in [6.07, 6.45) is 9.64. The van der Waals surface area contributed by atoms with Gasteiger partial charge >= 0.3 is 5.97 Å². The minimum Gasteiger partial charge on any atom is -0.491 e. The Morgan fingerprint density at radius 2 is 2.17 bits per heavy atom. The molecule has 0 unspecified atom stereocenters. The van der Waals surface area contributed by atoms with Crippen LogP contribution in [0.5, 0.6) is 5.75 Å². The Bertz CT molecular complexity index is 702. The summed E-state index contributed by atoms with van der Waals surface area (Å²) in [4.78, 5) is 10.5. The Balaban J connectivity index is 1.83. The quantitative estimate of drug-likeness (QED) is 0.361. The van der Waals surface area contributed by atoms with E-state index < -0.39 is 18.2 Å². The molecule has 0 spiro atoms. The third-order valence-corrected chi connectivity index (χ3v) is 5.63. The minimum atomic E-state index is -0.774. The lowest BCUT2D eigenvalue weighted by atomic mass is 9.86. The number of halogens is 1. The maximum Gasteiger partial charge on any atom is 0.303 e. The predicted octanol–water partition coefficient (Wildman–Crippen LogP) is 4.47. The number of hydrogen-bond donors (Lipinski definition) is 3. The Morgan fingerprint density at radius 3 is 2.90 bits per heavy atom. The zero-order valence-corrected chi connectivity index (χ0v) is 17.5. The maximum absolute atomic E-state index is 10.5. The summed E-state index contributed by atoms with van der Waals surface area (Å²) in [5.41, 5.74) is 0. The van der Waals surface area contributed by atoms with Crippen molar-refractivity contribution in [1.29, 1.82) is 0 Å². The number of allylic oxidation sites excluding steroid dienone is 2. The van der Waals surface area contributed by atoms with Gasteiger partial charge in [-0.3, -0.25) is 4.79 Å². The topological polar surface area (TPSA) is 87.0 Å². The van der Waals surface area contributed by atoms with Crippen molar-refractivity contribution < 1.29 is 24.9 Å². The molecule has 29 heavy (non-hydrogen) atoms. The van der Waals surface area contributed by atoms with Crippen molar-refractivity contribution in [3.8, 4) is 5.75 Å². The van der Waals surface area contributed by atoms with Crippen LogP contribution in [0.1, 0.15) is 39.0 Å². The molecular weight excluding hydrogens is 392 g/mol. The molecule has 1 aliphatic rings. The first-order valence-corrected chi connectivity index (χ1v) is 10.5. The second-order valence-electron chi connectivity index (χ2n) is 7.74. The van der Waals surface area contributed by atoms with Gasteiger partial charge < -0.3 is 20.1 Å². The highest BCUT2D eigenvalue weighted by Gasteiger charge is 2.37. The molecule has 1 aromatic carbocycles. The highest BCUT2D eigenvalue weighted by atomic mass is 35.5. The predicted molar refractivity (Wildman–Crippen MR) is 114 cm³/mol. The summed E-state index contributed by atoms with van der Waals surface area (Å²) in [5.74, 6) is 0.482. The van der Waals surface area contributed by atoms with E-state index in [1.165, 1.54) is 0 Å². The first-order valence-electron chi connectivity index (χ1n) is 10.2. The van der Waals surface area contributed by atoms with Crippen LogP contribution in [-0.4, -0.2) is 40.1 Å². The van der Waals surface area contributed by atoms with Gasteiger partial charge in [-0.05, 0) is 55.7 Å². The molecule has 0 saturated heterocycles. The molecule has 0 heterocycles. The molecule has 0 aromatic heterocycles. The van der Waals surface area contributed by atoms with E-state index in [0.29, 0.717) is 23.1 Å². The van der Waals surface area contributed by atoms with E-state index >= 15 is 0 Å². The molecule has 1 fully saturated rings. The smallest absolute Gasteiger partial charge is 0.303 e. The van der Waals surface area contributed by atoms with Crippen molar-refractivity contribution in [2.45, 2.75) is 51.2 Å². The molecule has 1 saturated carbocycles. The lowest BCUT2D eigenvalue weighted by molar-refractivity contribution is -0.137. The number of unbranched alkanes of at least 4 members (excludes halogenated alkanes) is 1. The van der Waals surface area contributed by atoms with Crippen LogP contribution in [0.4, 0.5) is 0 Å². The molecule has 0 radical (unpaired) electrons. The molecule has 5 atom stereocenters. The number of carbonyl (C=O) groups is 1. The van der Waals surface area contributed by atoms with Gasteiger partial charge in [0.05, 0.1) is 6.10 Å². The van der Waals surface area contributed by atoms with Crippen molar-refractivity contribution in [2.24, 2.45) is 17.8 Å². The number of aliphatic hydroxyl groups is 2.